The lowest BCUT2D eigenvalue weighted by atomic mass is 10.1. The normalized spacial score (nSPS) is 10.5. The Labute approximate surface area is 141 Å². The van der Waals surface area contributed by atoms with Gasteiger partial charge in [-0.3, -0.25) is 4.79 Å². The zero-order valence-electron chi connectivity index (χ0n) is 12.3. The lowest BCUT2D eigenvalue weighted by molar-refractivity contribution is 0.101. The molecule has 6 heteroatoms. The maximum atomic E-state index is 11.4. The van der Waals surface area contributed by atoms with Crippen LogP contribution in [0.15, 0.2) is 57.4 Å². The zero-order chi connectivity index (χ0) is 16.2. The number of carbonyl (C=O) groups is 1. The van der Waals surface area contributed by atoms with Gasteiger partial charge in [-0.2, -0.15) is 0 Å². The molecule has 116 valence electrons. The van der Waals surface area contributed by atoms with E-state index in [-0.39, 0.29) is 12.4 Å². The van der Waals surface area contributed by atoms with Crippen LogP contribution in [0.1, 0.15) is 23.2 Å². The quantitative estimate of drug-likeness (QED) is 0.625. The SMILES string of the molecule is CC(=O)c1cccc(OCc2nnc(-c3ccc(Br)cc3)o2)c1. The highest BCUT2D eigenvalue weighted by Crippen LogP contribution is 2.21. The van der Waals surface area contributed by atoms with Crippen LogP contribution in [0.4, 0.5) is 0 Å². The maximum absolute atomic E-state index is 11.4. The third kappa shape index (κ3) is 3.84. The molecule has 3 aromatic rings. The van der Waals surface area contributed by atoms with Crippen LogP contribution in [0.2, 0.25) is 0 Å². The Morgan fingerprint density at radius 2 is 1.96 bits per heavy atom. The van der Waals surface area contributed by atoms with Crippen LogP contribution < -0.4 is 4.74 Å². The number of hydrogen-bond donors (Lipinski definition) is 0. The third-order valence-electron chi connectivity index (χ3n) is 3.16. The van der Waals surface area contributed by atoms with E-state index in [1.165, 1.54) is 6.92 Å². The monoisotopic (exact) mass is 372 g/mol. The predicted octanol–water partition coefficient (Wildman–Crippen LogP) is 4.28. The van der Waals surface area contributed by atoms with Gasteiger partial charge in [0, 0.05) is 15.6 Å². The molecule has 3 rings (SSSR count). The van der Waals surface area contributed by atoms with E-state index < -0.39 is 0 Å². The molecule has 0 saturated heterocycles. The second kappa shape index (κ2) is 6.75. The average Bonchev–Trinajstić information content (AvgIpc) is 3.03. The Morgan fingerprint density at radius 3 is 2.70 bits per heavy atom. The molecule has 0 aliphatic heterocycles. The topological polar surface area (TPSA) is 65.2 Å². The molecular weight excluding hydrogens is 360 g/mol. The van der Waals surface area contributed by atoms with Gasteiger partial charge in [-0.05, 0) is 43.3 Å². The first-order chi connectivity index (χ1) is 11.1. The molecule has 0 bridgehead atoms. The summed E-state index contributed by atoms with van der Waals surface area (Å²) in [6.45, 7) is 1.66. The number of hydrogen-bond acceptors (Lipinski definition) is 5. The van der Waals surface area contributed by atoms with Gasteiger partial charge in [-0.1, -0.05) is 28.1 Å². The van der Waals surface area contributed by atoms with Crippen LogP contribution >= 0.6 is 15.9 Å². The summed E-state index contributed by atoms with van der Waals surface area (Å²) >= 11 is 3.38. The van der Waals surface area contributed by atoms with Crippen molar-refractivity contribution in [3.8, 4) is 17.2 Å². The van der Waals surface area contributed by atoms with E-state index in [9.17, 15) is 4.79 Å². The van der Waals surface area contributed by atoms with E-state index in [2.05, 4.69) is 26.1 Å². The van der Waals surface area contributed by atoms with Gasteiger partial charge < -0.3 is 9.15 Å². The zero-order valence-corrected chi connectivity index (χ0v) is 13.9. The Kier molecular flexibility index (Phi) is 4.52. The summed E-state index contributed by atoms with van der Waals surface area (Å²) in [5.41, 5.74) is 1.44. The van der Waals surface area contributed by atoms with Gasteiger partial charge in [0.2, 0.25) is 5.89 Å². The number of ketones is 1. The summed E-state index contributed by atoms with van der Waals surface area (Å²) in [6.07, 6.45) is 0. The van der Waals surface area contributed by atoms with Crippen molar-refractivity contribution in [1.82, 2.24) is 10.2 Å². The Hall–Kier alpha value is -2.47. The number of nitrogens with zero attached hydrogens (tertiary/aromatic N) is 2. The predicted molar refractivity (Wildman–Crippen MR) is 88.2 cm³/mol. The minimum atomic E-state index is -0.00855. The van der Waals surface area contributed by atoms with Gasteiger partial charge >= 0.3 is 0 Å². The molecule has 1 aromatic heterocycles. The van der Waals surface area contributed by atoms with E-state index in [4.69, 9.17) is 9.15 Å². The number of carbonyl (C=O) groups excluding carboxylic acids is 1. The van der Waals surface area contributed by atoms with Gasteiger partial charge in [0.25, 0.3) is 5.89 Å². The number of aromatic nitrogens is 2. The molecule has 0 radical (unpaired) electrons. The Morgan fingerprint density at radius 1 is 1.17 bits per heavy atom. The van der Waals surface area contributed by atoms with E-state index in [0.29, 0.717) is 23.1 Å². The number of benzene rings is 2. The van der Waals surface area contributed by atoms with Crippen molar-refractivity contribution >= 4 is 21.7 Å². The number of halogens is 1. The van der Waals surface area contributed by atoms with Crippen LogP contribution in [0.25, 0.3) is 11.5 Å². The fraction of sp³-hybridized carbons (Fsp3) is 0.118. The van der Waals surface area contributed by atoms with Gasteiger partial charge in [0.15, 0.2) is 12.4 Å². The van der Waals surface area contributed by atoms with Crippen molar-refractivity contribution in [3.05, 3.63) is 64.5 Å². The number of Topliss-reactive ketones (excluding diaryl/α,β-unsaturated/α-hetero) is 1. The molecule has 0 aliphatic rings. The molecule has 5 nitrogen and oxygen atoms in total. The molecule has 0 amide bonds. The van der Waals surface area contributed by atoms with Gasteiger partial charge in [-0.15, -0.1) is 10.2 Å². The van der Waals surface area contributed by atoms with Crippen molar-refractivity contribution in [2.24, 2.45) is 0 Å². The molecule has 23 heavy (non-hydrogen) atoms. The van der Waals surface area contributed by atoms with Crippen LogP contribution in [0.3, 0.4) is 0 Å². The van der Waals surface area contributed by atoms with Crippen molar-refractivity contribution in [1.29, 1.82) is 0 Å². The highest BCUT2D eigenvalue weighted by molar-refractivity contribution is 9.10. The van der Waals surface area contributed by atoms with Gasteiger partial charge in [0.1, 0.15) is 5.75 Å². The third-order valence-corrected chi connectivity index (χ3v) is 3.69. The first-order valence-electron chi connectivity index (χ1n) is 6.94. The summed E-state index contributed by atoms with van der Waals surface area (Å²) in [5.74, 6) is 1.39. The summed E-state index contributed by atoms with van der Waals surface area (Å²) < 4.78 is 12.2. The van der Waals surface area contributed by atoms with Crippen LogP contribution in [-0.4, -0.2) is 16.0 Å². The first-order valence-corrected chi connectivity index (χ1v) is 7.73. The van der Waals surface area contributed by atoms with Gasteiger partial charge in [-0.25, -0.2) is 0 Å². The molecule has 0 unspecified atom stereocenters. The van der Waals surface area contributed by atoms with E-state index in [0.717, 1.165) is 10.0 Å². The minimum absolute atomic E-state index is 0.00855. The molecule has 0 aliphatic carbocycles. The average molecular weight is 373 g/mol. The number of ether oxygens (including phenoxy) is 1. The second-order valence-corrected chi connectivity index (χ2v) is 5.80. The summed E-state index contributed by atoms with van der Waals surface area (Å²) in [6, 6.07) is 14.6. The smallest absolute Gasteiger partial charge is 0.254 e. The molecule has 0 N–H and O–H groups in total. The van der Waals surface area contributed by atoms with E-state index in [1.54, 1.807) is 24.3 Å². The van der Waals surface area contributed by atoms with Crippen LogP contribution in [0, 0.1) is 0 Å². The molecule has 0 fully saturated rings. The molecule has 0 spiro atoms. The van der Waals surface area contributed by atoms with Crippen molar-refractivity contribution in [2.45, 2.75) is 13.5 Å². The molecular formula is C17H13BrN2O3. The largest absolute Gasteiger partial charge is 0.484 e. The molecule has 0 saturated carbocycles. The van der Waals surface area contributed by atoms with Crippen molar-refractivity contribution < 1.29 is 13.9 Å². The standard InChI is InChI=1S/C17H13BrN2O3/c1-11(21)13-3-2-4-15(9-13)22-10-16-19-20-17(23-16)12-5-7-14(18)8-6-12/h2-9H,10H2,1H3. The molecule has 2 aromatic carbocycles. The van der Waals surface area contributed by atoms with E-state index in [1.807, 2.05) is 24.3 Å². The Bertz CT molecular complexity index is 828. The fourth-order valence-electron chi connectivity index (χ4n) is 1.97. The first kappa shape index (κ1) is 15.4. The van der Waals surface area contributed by atoms with Crippen molar-refractivity contribution in [3.63, 3.8) is 0 Å². The number of rotatable bonds is 5. The summed E-state index contributed by atoms with van der Waals surface area (Å²) in [4.78, 5) is 11.4. The summed E-state index contributed by atoms with van der Waals surface area (Å²) in [7, 11) is 0. The molecule has 0 atom stereocenters. The maximum Gasteiger partial charge on any atom is 0.254 e. The lowest BCUT2D eigenvalue weighted by Crippen LogP contribution is -1.98. The van der Waals surface area contributed by atoms with Crippen LogP contribution in [-0.2, 0) is 6.61 Å². The highest BCUT2D eigenvalue weighted by atomic mass is 79.9. The minimum Gasteiger partial charge on any atom is -0.484 e. The van der Waals surface area contributed by atoms with Gasteiger partial charge in [0.05, 0.1) is 0 Å². The van der Waals surface area contributed by atoms with Crippen LogP contribution in [0.5, 0.6) is 5.75 Å². The second-order valence-electron chi connectivity index (χ2n) is 4.88. The Balaban J connectivity index is 1.69. The van der Waals surface area contributed by atoms with Crippen molar-refractivity contribution in [2.75, 3.05) is 0 Å². The lowest BCUT2D eigenvalue weighted by Gasteiger charge is -2.04. The highest BCUT2D eigenvalue weighted by Gasteiger charge is 2.09. The molecule has 1 heterocycles. The fourth-order valence-corrected chi connectivity index (χ4v) is 2.24. The van der Waals surface area contributed by atoms with E-state index >= 15 is 0 Å². The summed E-state index contributed by atoms with van der Waals surface area (Å²) in [5, 5.41) is 7.98.